The molecule has 1 saturated heterocycles. The number of rotatable bonds is 3. The van der Waals surface area contributed by atoms with Crippen molar-refractivity contribution in [2.75, 3.05) is 7.11 Å². The Morgan fingerprint density at radius 3 is 2.80 bits per heavy atom. The highest BCUT2D eigenvalue weighted by atomic mass is 19.1. The molecule has 0 N–H and O–H groups in total. The van der Waals surface area contributed by atoms with Crippen molar-refractivity contribution in [3.63, 3.8) is 0 Å². The first kappa shape index (κ1) is 14.5. The topological polar surface area (TPSA) is 46.6 Å². The molecule has 1 fully saturated rings. The van der Waals surface area contributed by atoms with Crippen molar-refractivity contribution in [3.05, 3.63) is 35.1 Å². The Hall–Kier alpha value is -1.91. The van der Waals surface area contributed by atoms with Crippen molar-refractivity contribution in [1.29, 1.82) is 0 Å². The van der Waals surface area contributed by atoms with E-state index in [4.69, 9.17) is 4.74 Å². The summed E-state index contributed by atoms with van der Waals surface area (Å²) < 4.78 is 18.8. The highest BCUT2D eigenvalue weighted by Gasteiger charge is 2.40. The van der Waals surface area contributed by atoms with Crippen LogP contribution in [0.5, 0.6) is 0 Å². The number of nitrogens with zero attached hydrogens (tertiary/aromatic N) is 1. The van der Waals surface area contributed by atoms with Gasteiger partial charge in [0.1, 0.15) is 11.9 Å². The van der Waals surface area contributed by atoms with Gasteiger partial charge in [-0.2, -0.15) is 0 Å². The molecule has 20 heavy (non-hydrogen) atoms. The summed E-state index contributed by atoms with van der Waals surface area (Å²) in [6.07, 6.45) is 0.709. The zero-order chi connectivity index (χ0) is 14.9. The molecule has 2 rings (SSSR count). The molecule has 108 valence electrons. The van der Waals surface area contributed by atoms with Gasteiger partial charge < -0.3 is 9.64 Å². The van der Waals surface area contributed by atoms with Crippen LogP contribution in [-0.4, -0.2) is 29.9 Å². The predicted octanol–water partition coefficient (Wildman–Crippen LogP) is 2.36. The molecule has 1 heterocycles. The van der Waals surface area contributed by atoms with Gasteiger partial charge in [-0.3, -0.25) is 4.79 Å². The maximum atomic E-state index is 14.0. The van der Waals surface area contributed by atoms with Crippen LogP contribution in [0.25, 0.3) is 0 Å². The molecule has 0 saturated carbocycles. The van der Waals surface area contributed by atoms with Crippen LogP contribution in [0.4, 0.5) is 4.39 Å². The van der Waals surface area contributed by atoms with Crippen molar-refractivity contribution in [2.24, 2.45) is 0 Å². The lowest BCUT2D eigenvalue weighted by Crippen LogP contribution is -2.41. The van der Waals surface area contributed by atoms with E-state index in [1.165, 1.54) is 18.1 Å². The van der Waals surface area contributed by atoms with E-state index in [0.29, 0.717) is 12.0 Å². The van der Waals surface area contributed by atoms with Gasteiger partial charge in [-0.05, 0) is 31.9 Å². The zero-order valence-corrected chi connectivity index (χ0v) is 11.9. The number of halogens is 1. The molecular formula is C15H18FNO3. The standard InChI is InChI=1S/C15H18FNO3/c1-9-4-5-11(12(16)8-9)10(2)17-13(15(19)20-3)6-7-14(17)18/h4-5,8,10,13H,6-7H2,1-3H3. The van der Waals surface area contributed by atoms with E-state index < -0.39 is 18.1 Å². The number of benzene rings is 1. The Kier molecular flexibility index (Phi) is 4.06. The van der Waals surface area contributed by atoms with Gasteiger partial charge in [0, 0.05) is 12.0 Å². The minimum absolute atomic E-state index is 0.145. The van der Waals surface area contributed by atoms with Crippen LogP contribution < -0.4 is 0 Å². The normalized spacial score (nSPS) is 20.1. The number of methoxy groups -OCH3 is 1. The van der Waals surface area contributed by atoms with Gasteiger partial charge in [0.05, 0.1) is 13.2 Å². The molecule has 0 bridgehead atoms. The maximum absolute atomic E-state index is 14.0. The zero-order valence-electron chi connectivity index (χ0n) is 11.9. The van der Waals surface area contributed by atoms with E-state index >= 15 is 0 Å². The van der Waals surface area contributed by atoms with Gasteiger partial charge in [0.15, 0.2) is 0 Å². The minimum atomic E-state index is -0.622. The number of carbonyl (C=O) groups is 2. The summed E-state index contributed by atoms with van der Waals surface area (Å²) >= 11 is 0. The molecule has 5 heteroatoms. The van der Waals surface area contributed by atoms with Gasteiger partial charge in [0.2, 0.25) is 5.91 Å². The number of carbonyl (C=O) groups excluding carboxylic acids is 2. The molecule has 1 aliphatic rings. The van der Waals surface area contributed by atoms with Crippen LogP contribution >= 0.6 is 0 Å². The average molecular weight is 279 g/mol. The molecule has 1 amide bonds. The molecule has 1 aliphatic heterocycles. The molecule has 1 aromatic rings. The largest absolute Gasteiger partial charge is 0.467 e. The molecule has 2 unspecified atom stereocenters. The summed E-state index contributed by atoms with van der Waals surface area (Å²) in [6, 6.07) is 3.77. The number of hydrogen-bond acceptors (Lipinski definition) is 3. The maximum Gasteiger partial charge on any atom is 0.328 e. The van der Waals surface area contributed by atoms with Crippen molar-refractivity contribution in [2.45, 2.75) is 38.8 Å². The van der Waals surface area contributed by atoms with Gasteiger partial charge >= 0.3 is 5.97 Å². The van der Waals surface area contributed by atoms with Crippen LogP contribution in [-0.2, 0) is 14.3 Å². The monoisotopic (exact) mass is 279 g/mol. The Labute approximate surface area is 117 Å². The fourth-order valence-corrected chi connectivity index (χ4v) is 2.68. The fourth-order valence-electron chi connectivity index (χ4n) is 2.68. The summed E-state index contributed by atoms with van der Waals surface area (Å²) in [5.41, 5.74) is 1.23. The second kappa shape index (κ2) is 5.61. The third kappa shape index (κ3) is 2.53. The Balaban J connectivity index is 2.32. The average Bonchev–Trinajstić information content (AvgIpc) is 2.79. The number of hydrogen-bond donors (Lipinski definition) is 0. The first-order chi connectivity index (χ1) is 9.45. The molecule has 0 spiro atoms. The first-order valence-electron chi connectivity index (χ1n) is 6.60. The van der Waals surface area contributed by atoms with Crippen LogP contribution in [0.3, 0.4) is 0 Å². The quantitative estimate of drug-likeness (QED) is 0.798. The van der Waals surface area contributed by atoms with Crippen LogP contribution in [0.15, 0.2) is 18.2 Å². The minimum Gasteiger partial charge on any atom is -0.467 e. The van der Waals surface area contributed by atoms with Crippen LogP contribution in [0.2, 0.25) is 0 Å². The Morgan fingerprint density at radius 2 is 2.20 bits per heavy atom. The molecule has 0 aromatic heterocycles. The van der Waals surface area contributed by atoms with E-state index in [-0.39, 0.29) is 18.1 Å². The highest BCUT2D eigenvalue weighted by Crippen LogP contribution is 2.32. The van der Waals surface area contributed by atoms with Crippen LogP contribution in [0.1, 0.15) is 36.9 Å². The van der Waals surface area contributed by atoms with E-state index in [1.54, 1.807) is 26.0 Å². The first-order valence-corrected chi connectivity index (χ1v) is 6.60. The lowest BCUT2D eigenvalue weighted by Gasteiger charge is -2.30. The van der Waals surface area contributed by atoms with Gasteiger partial charge in [-0.1, -0.05) is 12.1 Å². The predicted molar refractivity (Wildman–Crippen MR) is 71.4 cm³/mol. The fraction of sp³-hybridized carbons (Fsp3) is 0.467. The summed E-state index contributed by atoms with van der Waals surface area (Å²) in [6.45, 7) is 3.53. The molecule has 2 atom stereocenters. The van der Waals surface area contributed by atoms with Gasteiger partial charge in [-0.15, -0.1) is 0 Å². The van der Waals surface area contributed by atoms with Gasteiger partial charge in [-0.25, -0.2) is 9.18 Å². The second-order valence-electron chi connectivity index (χ2n) is 5.08. The number of likely N-dealkylation sites (tertiary alicyclic amines) is 1. The number of esters is 1. The van der Waals surface area contributed by atoms with Crippen molar-refractivity contribution >= 4 is 11.9 Å². The third-order valence-electron chi connectivity index (χ3n) is 3.75. The molecule has 0 aliphatic carbocycles. The number of ether oxygens (including phenoxy) is 1. The molecule has 0 radical (unpaired) electrons. The lowest BCUT2D eigenvalue weighted by atomic mass is 10.0. The van der Waals surface area contributed by atoms with Crippen LogP contribution in [0, 0.1) is 12.7 Å². The van der Waals surface area contributed by atoms with E-state index in [0.717, 1.165) is 5.56 Å². The van der Waals surface area contributed by atoms with Gasteiger partial charge in [0.25, 0.3) is 0 Å². The van der Waals surface area contributed by atoms with E-state index in [1.807, 2.05) is 0 Å². The highest BCUT2D eigenvalue weighted by molar-refractivity contribution is 5.88. The summed E-state index contributed by atoms with van der Waals surface area (Å²) in [4.78, 5) is 25.2. The SMILES string of the molecule is COC(=O)C1CCC(=O)N1C(C)c1ccc(C)cc1F. The van der Waals surface area contributed by atoms with Crippen molar-refractivity contribution in [1.82, 2.24) is 4.90 Å². The summed E-state index contributed by atoms with van der Waals surface area (Å²) in [5, 5.41) is 0. The Bertz CT molecular complexity index is 544. The Morgan fingerprint density at radius 1 is 1.50 bits per heavy atom. The summed E-state index contributed by atoms with van der Waals surface area (Å²) in [7, 11) is 1.29. The smallest absolute Gasteiger partial charge is 0.328 e. The van der Waals surface area contributed by atoms with Crippen molar-refractivity contribution in [3.8, 4) is 0 Å². The molecule has 1 aromatic carbocycles. The number of amides is 1. The number of aryl methyl sites for hydroxylation is 1. The molecular weight excluding hydrogens is 261 g/mol. The summed E-state index contributed by atoms with van der Waals surface area (Å²) in [5.74, 6) is -0.955. The van der Waals surface area contributed by atoms with E-state index in [2.05, 4.69) is 0 Å². The van der Waals surface area contributed by atoms with Crippen molar-refractivity contribution < 1.29 is 18.7 Å². The van der Waals surface area contributed by atoms with E-state index in [9.17, 15) is 14.0 Å². The molecule has 4 nitrogen and oxygen atoms in total. The second-order valence-corrected chi connectivity index (χ2v) is 5.08. The third-order valence-corrected chi connectivity index (χ3v) is 3.75. The lowest BCUT2D eigenvalue weighted by molar-refractivity contribution is -0.150.